The maximum absolute atomic E-state index is 12.7. The van der Waals surface area contributed by atoms with Crippen molar-refractivity contribution in [2.75, 3.05) is 13.1 Å². The fourth-order valence-corrected chi connectivity index (χ4v) is 3.39. The molecule has 0 spiro atoms. The average Bonchev–Trinajstić information content (AvgIpc) is 2.73. The summed E-state index contributed by atoms with van der Waals surface area (Å²) in [6.07, 6.45) is 7.02. The van der Waals surface area contributed by atoms with E-state index in [9.17, 15) is 9.59 Å². The first-order valence-electron chi connectivity index (χ1n) is 11.2. The summed E-state index contributed by atoms with van der Waals surface area (Å²) in [5, 5.41) is 3.07. The highest BCUT2D eigenvalue weighted by Crippen LogP contribution is 2.16. The molecule has 0 heterocycles. The molecule has 1 aromatic carbocycles. The summed E-state index contributed by atoms with van der Waals surface area (Å²) in [5.41, 5.74) is 1.08. The van der Waals surface area contributed by atoms with Crippen LogP contribution in [0.2, 0.25) is 0 Å². The van der Waals surface area contributed by atoms with Crippen LogP contribution in [0, 0.1) is 11.8 Å². The van der Waals surface area contributed by atoms with Crippen molar-refractivity contribution in [3.05, 3.63) is 48.6 Å². The van der Waals surface area contributed by atoms with Gasteiger partial charge in [-0.1, -0.05) is 70.0 Å². The first kappa shape index (κ1) is 24.9. The van der Waals surface area contributed by atoms with E-state index in [2.05, 4.69) is 32.7 Å². The molecule has 1 rings (SSSR count). The SMILES string of the molecule is C=C[C@H](CCN(CCC)C(=O)CCC[C@@H](C)CC)C(=O)N[C@H](C)c1ccccc1. The Kier molecular flexibility index (Phi) is 12.0. The summed E-state index contributed by atoms with van der Waals surface area (Å²) in [6, 6.07) is 9.87. The Bertz CT molecular complexity index is 615. The van der Waals surface area contributed by atoms with Crippen LogP contribution in [0.25, 0.3) is 0 Å². The Balaban J connectivity index is 2.55. The standard InChI is InChI=1S/C25H40N2O2/c1-6-18-27(24(28)16-12-13-20(4)7-2)19-17-22(8-3)25(29)26-21(5)23-14-10-9-11-15-23/h8-11,14-15,20-22H,3,6-7,12-13,16-19H2,1-2,4-5H3,(H,26,29)/t20-,21+,22+/m0/s1. The lowest BCUT2D eigenvalue weighted by atomic mass is 10.0. The molecule has 0 fully saturated rings. The van der Waals surface area contributed by atoms with Gasteiger partial charge in [0.05, 0.1) is 12.0 Å². The first-order valence-corrected chi connectivity index (χ1v) is 11.2. The summed E-state index contributed by atoms with van der Waals surface area (Å²) in [6.45, 7) is 13.7. The van der Waals surface area contributed by atoms with E-state index in [4.69, 9.17) is 0 Å². The number of carbonyl (C=O) groups excluding carboxylic acids is 2. The molecule has 0 aliphatic rings. The van der Waals surface area contributed by atoms with Crippen LogP contribution in [0.15, 0.2) is 43.0 Å². The lowest BCUT2D eigenvalue weighted by molar-refractivity contribution is -0.132. The van der Waals surface area contributed by atoms with Crippen LogP contribution < -0.4 is 5.32 Å². The Morgan fingerprint density at radius 3 is 2.38 bits per heavy atom. The van der Waals surface area contributed by atoms with Crippen LogP contribution in [-0.4, -0.2) is 29.8 Å². The van der Waals surface area contributed by atoms with Crippen LogP contribution >= 0.6 is 0 Å². The lowest BCUT2D eigenvalue weighted by Gasteiger charge is -2.25. The van der Waals surface area contributed by atoms with Crippen LogP contribution in [0.4, 0.5) is 0 Å². The highest BCUT2D eigenvalue weighted by atomic mass is 16.2. The molecule has 1 N–H and O–H groups in total. The molecular weight excluding hydrogens is 360 g/mol. The van der Waals surface area contributed by atoms with Gasteiger partial charge >= 0.3 is 0 Å². The molecule has 162 valence electrons. The monoisotopic (exact) mass is 400 g/mol. The second kappa shape index (κ2) is 14.0. The molecule has 4 heteroatoms. The Morgan fingerprint density at radius 2 is 1.79 bits per heavy atom. The molecule has 3 atom stereocenters. The van der Waals surface area contributed by atoms with Crippen molar-refractivity contribution < 1.29 is 9.59 Å². The minimum absolute atomic E-state index is 0.0305. The Hall–Kier alpha value is -2.10. The zero-order valence-electron chi connectivity index (χ0n) is 18.8. The van der Waals surface area contributed by atoms with Crippen LogP contribution in [-0.2, 0) is 9.59 Å². The van der Waals surface area contributed by atoms with Gasteiger partial charge in [-0.2, -0.15) is 0 Å². The van der Waals surface area contributed by atoms with Crippen molar-refractivity contribution in [2.24, 2.45) is 11.8 Å². The number of hydrogen-bond acceptors (Lipinski definition) is 2. The molecule has 0 saturated heterocycles. The van der Waals surface area contributed by atoms with E-state index in [1.165, 1.54) is 0 Å². The molecule has 0 aliphatic carbocycles. The first-order chi connectivity index (χ1) is 13.9. The molecule has 1 aromatic rings. The van der Waals surface area contributed by atoms with E-state index in [-0.39, 0.29) is 23.8 Å². The molecule has 0 aromatic heterocycles. The third-order valence-corrected chi connectivity index (χ3v) is 5.62. The van der Waals surface area contributed by atoms with Crippen molar-refractivity contribution in [3.63, 3.8) is 0 Å². The van der Waals surface area contributed by atoms with Gasteiger partial charge in [0.1, 0.15) is 0 Å². The van der Waals surface area contributed by atoms with Gasteiger partial charge in [0, 0.05) is 19.5 Å². The number of carbonyl (C=O) groups is 2. The largest absolute Gasteiger partial charge is 0.349 e. The van der Waals surface area contributed by atoms with Gasteiger partial charge in [0.25, 0.3) is 0 Å². The van der Waals surface area contributed by atoms with Crippen LogP contribution in [0.3, 0.4) is 0 Å². The number of amides is 2. The minimum Gasteiger partial charge on any atom is -0.349 e. The van der Waals surface area contributed by atoms with Crippen molar-refractivity contribution in [3.8, 4) is 0 Å². The highest BCUT2D eigenvalue weighted by Gasteiger charge is 2.20. The van der Waals surface area contributed by atoms with Crippen molar-refractivity contribution in [2.45, 2.75) is 72.3 Å². The molecule has 2 amide bonds. The molecule has 0 bridgehead atoms. The number of nitrogens with zero attached hydrogens (tertiary/aromatic N) is 1. The third kappa shape index (κ3) is 9.29. The second-order valence-electron chi connectivity index (χ2n) is 8.06. The summed E-state index contributed by atoms with van der Waals surface area (Å²) >= 11 is 0. The molecule has 0 radical (unpaired) electrons. The van der Waals surface area contributed by atoms with E-state index in [1.54, 1.807) is 6.08 Å². The van der Waals surface area contributed by atoms with Crippen LogP contribution in [0.1, 0.15) is 77.8 Å². The van der Waals surface area contributed by atoms with Crippen molar-refractivity contribution in [1.82, 2.24) is 10.2 Å². The number of hydrogen-bond donors (Lipinski definition) is 1. The zero-order chi connectivity index (χ0) is 21.6. The van der Waals surface area contributed by atoms with Gasteiger partial charge in [-0.25, -0.2) is 0 Å². The minimum atomic E-state index is -0.298. The quantitative estimate of drug-likeness (QED) is 0.419. The fourth-order valence-electron chi connectivity index (χ4n) is 3.39. The second-order valence-corrected chi connectivity index (χ2v) is 8.06. The summed E-state index contributed by atoms with van der Waals surface area (Å²) < 4.78 is 0. The van der Waals surface area contributed by atoms with Gasteiger partial charge in [0.15, 0.2) is 0 Å². The number of rotatable bonds is 14. The molecule has 0 aliphatic heterocycles. The highest BCUT2D eigenvalue weighted by molar-refractivity contribution is 5.81. The van der Waals surface area contributed by atoms with Gasteiger partial charge in [0.2, 0.25) is 11.8 Å². The average molecular weight is 401 g/mol. The number of benzene rings is 1. The van der Waals surface area contributed by atoms with E-state index < -0.39 is 0 Å². The normalized spacial score (nSPS) is 13.9. The summed E-state index contributed by atoms with van der Waals surface area (Å²) in [7, 11) is 0. The molecular formula is C25H40N2O2. The van der Waals surface area contributed by atoms with Gasteiger partial charge < -0.3 is 10.2 Å². The molecule has 29 heavy (non-hydrogen) atoms. The van der Waals surface area contributed by atoms with Gasteiger partial charge in [-0.3, -0.25) is 9.59 Å². The molecule has 4 nitrogen and oxygen atoms in total. The Morgan fingerprint density at radius 1 is 1.10 bits per heavy atom. The Labute approximate surface area is 177 Å². The molecule has 0 saturated carbocycles. The predicted molar refractivity (Wildman–Crippen MR) is 121 cm³/mol. The maximum atomic E-state index is 12.7. The number of nitrogens with one attached hydrogen (secondary N) is 1. The molecule has 0 unspecified atom stereocenters. The topological polar surface area (TPSA) is 49.4 Å². The van der Waals surface area contributed by atoms with Crippen molar-refractivity contribution in [1.29, 1.82) is 0 Å². The predicted octanol–water partition coefficient (Wildman–Crippen LogP) is 5.51. The van der Waals surface area contributed by atoms with E-state index in [0.29, 0.717) is 25.3 Å². The fraction of sp³-hybridized carbons (Fsp3) is 0.600. The van der Waals surface area contributed by atoms with Crippen molar-refractivity contribution >= 4 is 11.8 Å². The van der Waals surface area contributed by atoms with E-state index in [1.807, 2.05) is 42.2 Å². The smallest absolute Gasteiger partial charge is 0.227 e. The summed E-state index contributed by atoms with van der Waals surface area (Å²) in [4.78, 5) is 27.2. The lowest BCUT2D eigenvalue weighted by Crippen LogP contribution is -2.37. The summed E-state index contributed by atoms with van der Waals surface area (Å²) in [5.74, 6) is 0.546. The van der Waals surface area contributed by atoms with Crippen LogP contribution in [0.5, 0.6) is 0 Å². The van der Waals surface area contributed by atoms with E-state index >= 15 is 0 Å². The van der Waals surface area contributed by atoms with E-state index in [0.717, 1.165) is 37.8 Å². The van der Waals surface area contributed by atoms with Gasteiger partial charge in [-0.15, -0.1) is 6.58 Å². The maximum Gasteiger partial charge on any atom is 0.227 e. The zero-order valence-corrected chi connectivity index (χ0v) is 18.8. The van der Waals surface area contributed by atoms with Gasteiger partial charge in [-0.05, 0) is 37.7 Å². The third-order valence-electron chi connectivity index (χ3n) is 5.62.